The average Bonchev–Trinajstić information content (AvgIpc) is 3.04. The zero-order chi connectivity index (χ0) is 12.3. The molecule has 0 amide bonds. The third kappa shape index (κ3) is 4.59. The third-order valence-electron chi connectivity index (χ3n) is 4.26. The van der Waals surface area contributed by atoms with Gasteiger partial charge in [0, 0.05) is 18.6 Å². The topological polar surface area (TPSA) is 15.3 Å². The van der Waals surface area contributed by atoms with Gasteiger partial charge in [-0.15, -0.1) is 0 Å². The maximum atomic E-state index is 3.73. The standard InChI is InChI=1S/C15H30N2/c1-12(2)9-15-11-17(8-4-7-16-15)13(3)10-14-5-6-14/h12-16H,4-11H2,1-3H3. The molecule has 2 atom stereocenters. The molecule has 2 fully saturated rings. The molecule has 1 aliphatic heterocycles. The Balaban J connectivity index is 1.81. The number of hydrogen-bond donors (Lipinski definition) is 1. The van der Waals surface area contributed by atoms with E-state index in [2.05, 4.69) is 31.0 Å². The fourth-order valence-corrected chi connectivity index (χ4v) is 3.14. The van der Waals surface area contributed by atoms with E-state index < -0.39 is 0 Å². The van der Waals surface area contributed by atoms with E-state index in [1.54, 1.807) is 0 Å². The Labute approximate surface area is 107 Å². The summed E-state index contributed by atoms with van der Waals surface area (Å²) in [7, 11) is 0. The SMILES string of the molecule is CC(C)CC1CN(C(C)CC2CC2)CCCN1. The fraction of sp³-hybridized carbons (Fsp3) is 1.00. The molecule has 0 aromatic rings. The van der Waals surface area contributed by atoms with E-state index >= 15 is 0 Å². The summed E-state index contributed by atoms with van der Waals surface area (Å²) in [5.41, 5.74) is 0. The molecular weight excluding hydrogens is 208 g/mol. The second-order valence-corrected chi connectivity index (χ2v) is 6.66. The molecule has 2 heteroatoms. The molecular formula is C15H30N2. The minimum Gasteiger partial charge on any atom is -0.313 e. The normalized spacial score (nSPS) is 29.3. The lowest BCUT2D eigenvalue weighted by molar-refractivity contribution is 0.184. The highest BCUT2D eigenvalue weighted by Crippen LogP contribution is 2.34. The molecule has 2 nitrogen and oxygen atoms in total. The predicted molar refractivity (Wildman–Crippen MR) is 74.2 cm³/mol. The molecule has 17 heavy (non-hydrogen) atoms. The molecule has 1 saturated carbocycles. The van der Waals surface area contributed by atoms with E-state index in [4.69, 9.17) is 0 Å². The number of nitrogens with one attached hydrogen (secondary N) is 1. The smallest absolute Gasteiger partial charge is 0.0197 e. The van der Waals surface area contributed by atoms with Crippen molar-refractivity contribution < 1.29 is 0 Å². The van der Waals surface area contributed by atoms with Crippen LogP contribution in [-0.4, -0.2) is 36.6 Å². The molecule has 0 aromatic carbocycles. The van der Waals surface area contributed by atoms with Crippen molar-refractivity contribution in [1.82, 2.24) is 10.2 Å². The summed E-state index contributed by atoms with van der Waals surface area (Å²) in [6, 6.07) is 1.52. The Kier molecular flexibility index (Phi) is 4.87. The molecule has 1 heterocycles. The van der Waals surface area contributed by atoms with Gasteiger partial charge in [-0.2, -0.15) is 0 Å². The van der Waals surface area contributed by atoms with E-state index in [1.165, 1.54) is 51.7 Å². The Morgan fingerprint density at radius 3 is 2.59 bits per heavy atom. The van der Waals surface area contributed by atoms with Gasteiger partial charge in [-0.25, -0.2) is 0 Å². The van der Waals surface area contributed by atoms with Gasteiger partial charge in [0.25, 0.3) is 0 Å². The van der Waals surface area contributed by atoms with E-state index in [-0.39, 0.29) is 0 Å². The lowest BCUT2D eigenvalue weighted by Gasteiger charge is -2.30. The van der Waals surface area contributed by atoms with Gasteiger partial charge in [-0.05, 0) is 51.1 Å². The number of rotatable bonds is 5. The van der Waals surface area contributed by atoms with Gasteiger partial charge in [-0.1, -0.05) is 26.7 Å². The number of nitrogens with zero attached hydrogens (tertiary/aromatic N) is 1. The van der Waals surface area contributed by atoms with Crippen LogP contribution >= 0.6 is 0 Å². The van der Waals surface area contributed by atoms with E-state index in [9.17, 15) is 0 Å². The van der Waals surface area contributed by atoms with E-state index in [1.807, 2.05) is 0 Å². The van der Waals surface area contributed by atoms with Crippen LogP contribution in [0, 0.1) is 11.8 Å². The van der Waals surface area contributed by atoms with Crippen molar-refractivity contribution in [1.29, 1.82) is 0 Å². The molecule has 0 aromatic heterocycles. The monoisotopic (exact) mass is 238 g/mol. The van der Waals surface area contributed by atoms with Crippen LogP contribution in [-0.2, 0) is 0 Å². The van der Waals surface area contributed by atoms with Crippen molar-refractivity contribution in [2.75, 3.05) is 19.6 Å². The van der Waals surface area contributed by atoms with Gasteiger partial charge in [0.2, 0.25) is 0 Å². The molecule has 0 bridgehead atoms. The van der Waals surface area contributed by atoms with Gasteiger partial charge < -0.3 is 5.32 Å². The Bertz CT molecular complexity index is 223. The van der Waals surface area contributed by atoms with Crippen molar-refractivity contribution in [2.24, 2.45) is 11.8 Å². The van der Waals surface area contributed by atoms with Crippen LogP contribution in [0.4, 0.5) is 0 Å². The third-order valence-corrected chi connectivity index (χ3v) is 4.26. The van der Waals surface area contributed by atoms with Crippen molar-refractivity contribution >= 4 is 0 Å². The summed E-state index contributed by atoms with van der Waals surface area (Å²) >= 11 is 0. The summed E-state index contributed by atoms with van der Waals surface area (Å²) in [6.07, 6.45) is 7.07. The van der Waals surface area contributed by atoms with Crippen molar-refractivity contribution in [3.8, 4) is 0 Å². The van der Waals surface area contributed by atoms with Crippen molar-refractivity contribution in [3.05, 3.63) is 0 Å². The van der Waals surface area contributed by atoms with Gasteiger partial charge in [0.1, 0.15) is 0 Å². The lowest BCUT2D eigenvalue weighted by atomic mass is 10.0. The lowest BCUT2D eigenvalue weighted by Crippen LogP contribution is -2.42. The van der Waals surface area contributed by atoms with Crippen LogP contribution in [0.15, 0.2) is 0 Å². The molecule has 0 radical (unpaired) electrons. The van der Waals surface area contributed by atoms with Crippen LogP contribution in [0.25, 0.3) is 0 Å². The molecule has 1 aliphatic carbocycles. The van der Waals surface area contributed by atoms with Gasteiger partial charge in [-0.3, -0.25) is 4.90 Å². The summed E-state index contributed by atoms with van der Waals surface area (Å²) in [5.74, 6) is 1.87. The minimum absolute atomic E-state index is 0.721. The summed E-state index contributed by atoms with van der Waals surface area (Å²) in [6.45, 7) is 10.9. The molecule has 2 unspecified atom stereocenters. The summed E-state index contributed by atoms with van der Waals surface area (Å²) < 4.78 is 0. The van der Waals surface area contributed by atoms with Crippen LogP contribution in [0.2, 0.25) is 0 Å². The molecule has 1 N–H and O–H groups in total. The number of hydrogen-bond acceptors (Lipinski definition) is 2. The zero-order valence-corrected chi connectivity index (χ0v) is 11.9. The largest absolute Gasteiger partial charge is 0.313 e. The van der Waals surface area contributed by atoms with Gasteiger partial charge >= 0.3 is 0 Å². The maximum absolute atomic E-state index is 3.73. The molecule has 100 valence electrons. The highest BCUT2D eigenvalue weighted by molar-refractivity contribution is 4.84. The van der Waals surface area contributed by atoms with E-state index in [0.717, 1.165) is 23.9 Å². The van der Waals surface area contributed by atoms with Crippen LogP contribution in [0.3, 0.4) is 0 Å². The molecule has 1 saturated heterocycles. The van der Waals surface area contributed by atoms with Crippen LogP contribution < -0.4 is 5.32 Å². The predicted octanol–water partition coefficient (Wildman–Crippen LogP) is 2.89. The molecule has 2 aliphatic rings. The van der Waals surface area contributed by atoms with Crippen molar-refractivity contribution in [3.63, 3.8) is 0 Å². The first-order valence-corrected chi connectivity index (χ1v) is 7.62. The fourth-order valence-electron chi connectivity index (χ4n) is 3.14. The molecule has 2 rings (SSSR count). The Morgan fingerprint density at radius 2 is 1.94 bits per heavy atom. The van der Waals surface area contributed by atoms with Crippen LogP contribution in [0.5, 0.6) is 0 Å². The van der Waals surface area contributed by atoms with Gasteiger partial charge in [0.15, 0.2) is 0 Å². The minimum atomic E-state index is 0.721. The summed E-state index contributed by atoms with van der Waals surface area (Å²) in [5, 5.41) is 3.73. The maximum Gasteiger partial charge on any atom is 0.0197 e. The first kappa shape index (κ1) is 13.4. The van der Waals surface area contributed by atoms with Crippen molar-refractivity contribution in [2.45, 2.75) is 65.0 Å². The Morgan fingerprint density at radius 1 is 1.18 bits per heavy atom. The van der Waals surface area contributed by atoms with Crippen LogP contribution in [0.1, 0.15) is 52.9 Å². The zero-order valence-electron chi connectivity index (χ0n) is 11.9. The van der Waals surface area contributed by atoms with E-state index in [0.29, 0.717) is 0 Å². The quantitative estimate of drug-likeness (QED) is 0.792. The first-order valence-electron chi connectivity index (χ1n) is 7.62. The second-order valence-electron chi connectivity index (χ2n) is 6.66. The summed E-state index contributed by atoms with van der Waals surface area (Å²) in [4.78, 5) is 2.74. The highest BCUT2D eigenvalue weighted by Gasteiger charge is 2.28. The Hall–Kier alpha value is -0.0800. The first-order chi connectivity index (χ1) is 8.15. The van der Waals surface area contributed by atoms with Gasteiger partial charge in [0.05, 0.1) is 0 Å². The highest BCUT2D eigenvalue weighted by atomic mass is 15.2. The average molecular weight is 238 g/mol. The second kappa shape index (κ2) is 6.19. The molecule has 0 spiro atoms.